The van der Waals surface area contributed by atoms with Crippen molar-refractivity contribution in [2.45, 2.75) is 0 Å². The van der Waals surface area contributed by atoms with Crippen molar-refractivity contribution in [2.24, 2.45) is 0 Å². The lowest BCUT2D eigenvalue weighted by molar-refractivity contribution is -0.134. The Hall–Kier alpha value is -3.57. The van der Waals surface area contributed by atoms with Gasteiger partial charge < -0.3 is 4.74 Å². The van der Waals surface area contributed by atoms with E-state index in [4.69, 9.17) is 0 Å². The molecule has 2 nitrogen and oxygen atoms in total. The highest BCUT2D eigenvalue weighted by molar-refractivity contribution is 5.87. The second-order valence-corrected chi connectivity index (χ2v) is 5.68. The molecule has 0 aliphatic heterocycles. The number of benzene rings is 3. The van der Waals surface area contributed by atoms with Gasteiger partial charge in [-0.2, -0.15) is 0 Å². The maximum atomic E-state index is 11.2. The minimum Gasteiger partial charge on any atom is -0.466 e. The van der Waals surface area contributed by atoms with Crippen molar-refractivity contribution in [2.75, 3.05) is 7.11 Å². The molecule has 0 aromatic heterocycles. The molecule has 0 atom stereocenters. The molecule has 0 bridgehead atoms. The van der Waals surface area contributed by atoms with Crippen LogP contribution in [0.1, 0.15) is 16.7 Å². The Morgan fingerprint density at radius 2 is 1.50 bits per heavy atom. The number of methoxy groups -OCH3 is 1. The van der Waals surface area contributed by atoms with Crippen LogP contribution in [0.3, 0.4) is 0 Å². The molecule has 0 saturated heterocycles. The van der Waals surface area contributed by atoms with E-state index in [0.29, 0.717) is 0 Å². The third-order valence-electron chi connectivity index (χ3n) is 3.84. The molecule has 0 spiro atoms. The van der Waals surface area contributed by atoms with Gasteiger partial charge in [-0.25, -0.2) is 4.79 Å². The van der Waals surface area contributed by atoms with E-state index < -0.39 is 0 Å². The fraction of sp³-hybridized carbons (Fsp3) is 0.0417. The molecule has 0 unspecified atom stereocenters. The molecule has 0 aliphatic carbocycles. The Morgan fingerprint density at radius 1 is 0.808 bits per heavy atom. The average Bonchev–Trinajstić information content (AvgIpc) is 2.72. The molecular weight excluding hydrogens is 320 g/mol. The Labute approximate surface area is 153 Å². The lowest BCUT2D eigenvalue weighted by Gasteiger charge is -2.00. The number of hydrogen-bond donors (Lipinski definition) is 0. The molecule has 0 amide bonds. The molecule has 0 fully saturated rings. The highest BCUT2D eigenvalue weighted by atomic mass is 16.5. The van der Waals surface area contributed by atoms with Crippen LogP contribution in [0.4, 0.5) is 0 Å². The quantitative estimate of drug-likeness (QED) is 0.384. The molecule has 0 aliphatic rings. The first kappa shape index (κ1) is 17.3. The highest BCUT2D eigenvalue weighted by Crippen LogP contribution is 2.19. The van der Waals surface area contributed by atoms with Crippen LogP contribution in [0.15, 0.2) is 84.9 Å². The lowest BCUT2D eigenvalue weighted by atomic mass is 10.0. The molecule has 26 heavy (non-hydrogen) atoms. The summed E-state index contributed by atoms with van der Waals surface area (Å²) < 4.78 is 4.60. The molecule has 0 saturated carbocycles. The van der Waals surface area contributed by atoms with Gasteiger partial charge in [0.15, 0.2) is 0 Å². The Balaban J connectivity index is 1.75. The number of carbonyl (C=O) groups excluding carboxylic acids is 1. The zero-order valence-electron chi connectivity index (χ0n) is 14.5. The molecule has 3 aromatic carbocycles. The maximum Gasteiger partial charge on any atom is 0.330 e. The monoisotopic (exact) mass is 338 g/mol. The number of hydrogen-bond acceptors (Lipinski definition) is 2. The fourth-order valence-electron chi connectivity index (χ4n) is 2.47. The van der Waals surface area contributed by atoms with Gasteiger partial charge in [0.2, 0.25) is 0 Å². The summed E-state index contributed by atoms with van der Waals surface area (Å²) in [5.41, 5.74) is 5.12. The van der Waals surface area contributed by atoms with Crippen LogP contribution < -0.4 is 0 Å². The lowest BCUT2D eigenvalue weighted by Crippen LogP contribution is -1.93. The molecule has 3 aromatic rings. The van der Waals surface area contributed by atoms with E-state index in [0.717, 1.165) is 16.7 Å². The summed E-state index contributed by atoms with van der Waals surface area (Å²) in [6.45, 7) is 0. The van der Waals surface area contributed by atoms with Crippen LogP contribution in [-0.4, -0.2) is 13.1 Å². The van der Waals surface area contributed by atoms with Gasteiger partial charge in [-0.3, -0.25) is 0 Å². The van der Waals surface area contributed by atoms with Crippen LogP contribution in [0, 0.1) is 11.8 Å². The first-order chi connectivity index (χ1) is 12.7. The molecule has 0 N–H and O–H groups in total. The zero-order chi connectivity index (χ0) is 18.2. The summed E-state index contributed by atoms with van der Waals surface area (Å²) in [4.78, 5) is 11.2. The minimum absolute atomic E-state index is 0.375. The smallest absolute Gasteiger partial charge is 0.330 e. The average molecular weight is 338 g/mol. The van der Waals surface area contributed by atoms with E-state index in [2.05, 4.69) is 40.8 Å². The van der Waals surface area contributed by atoms with Crippen molar-refractivity contribution in [1.29, 1.82) is 0 Å². The molecular formula is C24H18O2. The standard InChI is InChI=1S/C24H18O2/c1-26-24(25)17-14-21-7-5-6-20(18-21)11-10-19-12-15-23(16-13-19)22-8-3-2-4-9-22/h2-9,12-18H,1H3/b17-14+. The summed E-state index contributed by atoms with van der Waals surface area (Å²) in [6.07, 6.45) is 3.11. The maximum absolute atomic E-state index is 11.2. The summed E-state index contributed by atoms with van der Waals surface area (Å²) >= 11 is 0. The van der Waals surface area contributed by atoms with Crippen molar-refractivity contribution in [1.82, 2.24) is 0 Å². The second-order valence-electron chi connectivity index (χ2n) is 5.68. The van der Waals surface area contributed by atoms with Crippen molar-refractivity contribution in [3.8, 4) is 23.0 Å². The van der Waals surface area contributed by atoms with Crippen LogP contribution in [0.5, 0.6) is 0 Å². The zero-order valence-corrected chi connectivity index (χ0v) is 14.5. The van der Waals surface area contributed by atoms with Gasteiger partial charge in [0.05, 0.1) is 7.11 Å². The van der Waals surface area contributed by atoms with Gasteiger partial charge in [-0.1, -0.05) is 66.4 Å². The van der Waals surface area contributed by atoms with Crippen molar-refractivity contribution in [3.63, 3.8) is 0 Å². The van der Waals surface area contributed by atoms with Gasteiger partial charge in [0.25, 0.3) is 0 Å². The van der Waals surface area contributed by atoms with E-state index in [-0.39, 0.29) is 5.97 Å². The topological polar surface area (TPSA) is 26.3 Å². The van der Waals surface area contributed by atoms with Crippen molar-refractivity contribution < 1.29 is 9.53 Å². The van der Waals surface area contributed by atoms with Gasteiger partial charge in [-0.15, -0.1) is 0 Å². The number of carbonyl (C=O) groups is 1. The van der Waals surface area contributed by atoms with Gasteiger partial charge in [0.1, 0.15) is 0 Å². The molecule has 0 heterocycles. The third-order valence-corrected chi connectivity index (χ3v) is 3.84. The van der Waals surface area contributed by atoms with E-state index in [9.17, 15) is 4.79 Å². The number of esters is 1. The Bertz CT molecular complexity index is 972. The Kier molecular flexibility index (Phi) is 5.65. The van der Waals surface area contributed by atoms with Gasteiger partial charge >= 0.3 is 5.97 Å². The first-order valence-corrected chi connectivity index (χ1v) is 8.28. The normalized spacial score (nSPS) is 10.2. The molecule has 3 rings (SSSR count). The summed E-state index contributed by atoms with van der Waals surface area (Å²) in [7, 11) is 1.36. The van der Waals surface area contributed by atoms with Crippen molar-refractivity contribution in [3.05, 3.63) is 102 Å². The van der Waals surface area contributed by atoms with Gasteiger partial charge in [0, 0.05) is 17.2 Å². The largest absolute Gasteiger partial charge is 0.466 e. The summed E-state index contributed by atoms with van der Waals surface area (Å²) in [6, 6.07) is 26.2. The van der Waals surface area contributed by atoms with Crippen LogP contribution in [-0.2, 0) is 9.53 Å². The van der Waals surface area contributed by atoms with Crippen LogP contribution in [0.25, 0.3) is 17.2 Å². The first-order valence-electron chi connectivity index (χ1n) is 8.28. The van der Waals surface area contributed by atoms with Crippen LogP contribution in [0.2, 0.25) is 0 Å². The predicted molar refractivity (Wildman–Crippen MR) is 105 cm³/mol. The van der Waals surface area contributed by atoms with Crippen LogP contribution >= 0.6 is 0 Å². The van der Waals surface area contributed by atoms with Crippen molar-refractivity contribution >= 4 is 12.0 Å². The SMILES string of the molecule is COC(=O)/C=C/c1cccc(C#Cc2ccc(-c3ccccc3)cc2)c1. The number of ether oxygens (including phenoxy) is 1. The van der Waals surface area contributed by atoms with E-state index in [1.165, 1.54) is 24.3 Å². The van der Waals surface area contributed by atoms with E-state index in [1.807, 2.05) is 54.6 Å². The molecule has 2 heteroatoms. The second kappa shape index (κ2) is 8.50. The summed E-state index contributed by atoms with van der Waals surface area (Å²) in [5.74, 6) is 5.96. The highest BCUT2D eigenvalue weighted by Gasteiger charge is 1.96. The van der Waals surface area contributed by atoms with Gasteiger partial charge in [-0.05, 0) is 47.0 Å². The third kappa shape index (κ3) is 4.72. The number of rotatable bonds is 3. The minimum atomic E-state index is -0.375. The van der Waals surface area contributed by atoms with E-state index in [1.54, 1.807) is 6.08 Å². The Morgan fingerprint density at radius 3 is 2.23 bits per heavy atom. The molecule has 0 radical (unpaired) electrons. The fourth-order valence-corrected chi connectivity index (χ4v) is 2.47. The predicted octanol–water partition coefficient (Wildman–Crippen LogP) is 4.94. The van der Waals surface area contributed by atoms with E-state index >= 15 is 0 Å². The summed E-state index contributed by atoms with van der Waals surface area (Å²) in [5, 5.41) is 0. The molecule has 126 valence electrons.